The summed E-state index contributed by atoms with van der Waals surface area (Å²) >= 11 is 2.06. The molecule has 50 heavy (non-hydrogen) atoms. The maximum absolute atomic E-state index is 5.10. The highest BCUT2D eigenvalue weighted by atomic mass is 32.2. The SMILES string of the molecule is c1ccc(-c2nc(-c3ccccc3)nc(C3CCC4c5ccc(-c6ccc7c(c6)c6ccccc6n7-c6ccccc6)cc5SC4C3)n2)cc1. The van der Waals surface area contributed by atoms with E-state index < -0.39 is 0 Å². The minimum absolute atomic E-state index is 0.301. The van der Waals surface area contributed by atoms with E-state index in [4.69, 9.17) is 15.0 Å². The van der Waals surface area contributed by atoms with Crippen LogP contribution in [0.15, 0.2) is 157 Å². The summed E-state index contributed by atoms with van der Waals surface area (Å²) in [5.74, 6) is 3.31. The number of rotatable bonds is 5. The van der Waals surface area contributed by atoms with Gasteiger partial charge in [0.15, 0.2) is 11.6 Å². The van der Waals surface area contributed by atoms with Gasteiger partial charge in [0.05, 0.1) is 11.0 Å². The molecule has 0 spiro atoms. The second-order valence-electron chi connectivity index (χ2n) is 13.5. The average Bonchev–Trinajstić information content (AvgIpc) is 3.73. The quantitative estimate of drug-likeness (QED) is 0.184. The zero-order chi connectivity index (χ0) is 33.0. The summed E-state index contributed by atoms with van der Waals surface area (Å²) in [5.41, 5.74) is 9.76. The largest absolute Gasteiger partial charge is 0.309 e. The number of thioether (sulfide) groups is 1. The molecule has 3 atom stereocenters. The van der Waals surface area contributed by atoms with E-state index in [0.717, 1.165) is 47.9 Å². The van der Waals surface area contributed by atoms with Gasteiger partial charge in [-0.05, 0) is 78.3 Å². The van der Waals surface area contributed by atoms with Crippen molar-refractivity contribution in [1.82, 2.24) is 19.5 Å². The second-order valence-corrected chi connectivity index (χ2v) is 14.8. The first-order valence-electron chi connectivity index (χ1n) is 17.5. The predicted octanol–water partition coefficient (Wildman–Crippen LogP) is 11.5. The molecule has 1 saturated carbocycles. The lowest BCUT2D eigenvalue weighted by atomic mass is 9.78. The van der Waals surface area contributed by atoms with E-state index in [-0.39, 0.29) is 0 Å². The van der Waals surface area contributed by atoms with Gasteiger partial charge in [0.1, 0.15) is 5.82 Å². The van der Waals surface area contributed by atoms with Crippen LogP contribution in [-0.2, 0) is 0 Å². The van der Waals surface area contributed by atoms with Crippen LogP contribution < -0.4 is 0 Å². The standard InChI is InChI=1S/C45H34N4S/c1-4-12-29(13-5-1)43-46-44(30-14-6-2-7-15-30)48-45(47-43)33-21-24-37-36-23-20-32(27-41(36)50-42(37)28-33)31-22-25-40-38(26-31)35-18-10-11-19-39(35)49(40)34-16-8-3-9-17-34/h1-20,22-23,25-27,33,37,42H,21,24,28H2. The highest BCUT2D eigenvalue weighted by Crippen LogP contribution is 2.55. The van der Waals surface area contributed by atoms with Crippen molar-refractivity contribution in [3.05, 3.63) is 163 Å². The molecule has 10 rings (SSSR count). The third-order valence-electron chi connectivity index (χ3n) is 10.6. The lowest BCUT2D eigenvalue weighted by Crippen LogP contribution is -2.23. The lowest BCUT2D eigenvalue weighted by Gasteiger charge is -2.31. The Balaban J connectivity index is 0.963. The van der Waals surface area contributed by atoms with Gasteiger partial charge < -0.3 is 4.57 Å². The first-order chi connectivity index (χ1) is 24.8. The molecule has 1 aliphatic carbocycles. The summed E-state index contributed by atoms with van der Waals surface area (Å²) in [7, 11) is 0. The first-order valence-corrected chi connectivity index (χ1v) is 18.4. The molecule has 5 heteroatoms. The molecule has 8 aromatic rings. The topological polar surface area (TPSA) is 43.6 Å². The van der Waals surface area contributed by atoms with Crippen LogP contribution in [0.4, 0.5) is 0 Å². The van der Waals surface area contributed by atoms with Crippen molar-refractivity contribution in [2.45, 2.75) is 41.2 Å². The van der Waals surface area contributed by atoms with Crippen molar-refractivity contribution in [1.29, 1.82) is 0 Å². The summed E-state index contributed by atoms with van der Waals surface area (Å²) < 4.78 is 2.38. The van der Waals surface area contributed by atoms with Crippen LogP contribution in [0.5, 0.6) is 0 Å². The molecular weight excluding hydrogens is 629 g/mol. The minimum atomic E-state index is 0.301. The molecule has 1 aliphatic heterocycles. The molecule has 3 heterocycles. The number of aromatic nitrogens is 4. The van der Waals surface area contributed by atoms with Crippen LogP contribution in [0.1, 0.15) is 42.5 Å². The molecule has 0 saturated heterocycles. The van der Waals surface area contributed by atoms with Crippen LogP contribution in [0.3, 0.4) is 0 Å². The van der Waals surface area contributed by atoms with Crippen LogP contribution in [0.25, 0.3) is 61.4 Å². The van der Waals surface area contributed by atoms with E-state index in [1.54, 1.807) is 0 Å². The summed E-state index contributed by atoms with van der Waals surface area (Å²) in [6.07, 6.45) is 3.29. The summed E-state index contributed by atoms with van der Waals surface area (Å²) in [5, 5.41) is 3.08. The van der Waals surface area contributed by atoms with Gasteiger partial charge in [0, 0.05) is 43.7 Å². The maximum atomic E-state index is 5.10. The third-order valence-corrected chi connectivity index (χ3v) is 12.0. The van der Waals surface area contributed by atoms with Gasteiger partial charge in [-0.25, -0.2) is 15.0 Å². The van der Waals surface area contributed by atoms with E-state index >= 15 is 0 Å². The van der Waals surface area contributed by atoms with E-state index in [0.29, 0.717) is 17.1 Å². The van der Waals surface area contributed by atoms with Crippen molar-refractivity contribution < 1.29 is 0 Å². The van der Waals surface area contributed by atoms with Crippen LogP contribution in [0, 0.1) is 0 Å². The molecule has 6 aromatic carbocycles. The Morgan fingerprint density at radius 2 is 1.14 bits per heavy atom. The molecule has 0 bridgehead atoms. The number of nitrogens with zero attached hydrogens (tertiary/aromatic N) is 4. The molecule has 3 unspecified atom stereocenters. The Morgan fingerprint density at radius 3 is 1.88 bits per heavy atom. The van der Waals surface area contributed by atoms with Crippen LogP contribution >= 0.6 is 11.8 Å². The normalized spacial score (nSPS) is 18.3. The Morgan fingerprint density at radius 1 is 0.520 bits per heavy atom. The molecule has 240 valence electrons. The van der Waals surface area contributed by atoms with E-state index in [9.17, 15) is 0 Å². The predicted molar refractivity (Wildman–Crippen MR) is 206 cm³/mol. The van der Waals surface area contributed by atoms with Gasteiger partial charge in [-0.15, -0.1) is 11.8 Å². The Bertz CT molecular complexity index is 2450. The van der Waals surface area contributed by atoms with Crippen molar-refractivity contribution in [2.24, 2.45) is 0 Å². The van der Waals surface area contributed by atoms with Crippen molar-refractivity contribution >= 4 is 33.6 Å². The fourth-order valence-corrected chi connectivity index (χ4v) is 9.80. The van der Waals surface area contributed by atoms with Crippen molar-refractivity contribution in [3.63, 3.8) is 0 Å². The zero-order valence-corrected chi connectivity index (χ0v) is 28.3. The summed E-state index contributed by atoms with van der Waals surface area (Å²) in [4.78, 5) is 16.6. The molecule has 1 fully saturated rings. The highest BCUT2D eigenvalue weighted by Gasteiger charge is 2.40. The molecular formula is C45H34N4S. The number of fused-ring (bicyclic) bond motifs is 6. The van der Waals surface area contributed by atoms with E-state index in [1.807, 2.05) is 36.4 Å². The lowest BCUT2D eigenvalue weighted by molar-refractivity contribution is 0.399. The Hall–Kier alpha value is -5.52. The van der Waals surface area contributed by atoms with E-state index in [1.165, 1.54) is 49.1 Å². The maximum Gasteiger partial charge on any atom is 0.163 e. The Labute approximate surface area is 295 Å². The molecule has 0 radical (unpaired) electrons. The summed E-state index contributed by atoms with van der Waals surface area (Å²) in [6, 6.07) is 54.2. The molecule has 0 N–H and O–H groups in total. The molecule has 2 aromatic heterocycles. The fourth-order valence-electron chi connectivity index (χ4n) is 8.15. The molecule has 2 aliphatic rings. The fraction of sp³-hybridized carbons (Fsp3) is 0.133. The van der Waals surface area contributed by atoms with Gasteiger partial charge in [0.25, 0.3) is 0 Å². The van der Waals surface area contributed by atoms with Crippen LogP contribution in [-0.4, -0.2) is 24.8 Å². The summed E-state index contributed by atoms with van der Waals surface area (Å²) in [6.45, 7) is 0. The van der Waals surface area contributed by atoms with Crippen molar-refractivity contribution in [3.8, 4) is 39.6 Å². The number of benzene rings is 6. The van der Waals surface area contributed by atoms with Gasteiger partial charge in [-0.3, -0.25) is 0 Å². The monoisotopic (exact) mass is 662 g/mol. The minimum Gasteiger partial charge on any atom is -0.309 e. The smallest absolute Gasteiger partial charge is 0.163 e. The third kappa shape index (κ3) is 5.04. The van der Waals surface area contributed by atoms with Gasteiger partial charge in [-0.1, -0.05) is 115 Å². The zero-order valence-electron chi connectivity index (χ0n) is 27.5. The molecule has 4 nitrogen and oxygen atoms in total. The first kappa shape index (κ1) is 29.4. The van der Waals surface area contributed by atoms with Gasteiger partial charge in [0.2, 0.25) is 0 Å². The number of hydrogen-bond donors (Lipinski definition) is 0. The second kappa shape index (κ2) is 12.1. The average molecular weight is 663 g/mol. The number of para-hydroxylation sites is 2. The van der Waals surface area contributed by atoms with E-state index in [2.05, 4.69) is 132 Å². The number of hydrogen-bond acceptors (Lipinski definition) is 4. The molecule has 0 amide bonds. The van der Waals surface area contributed by atoms with Crippen molar-refractivity contribution in [2.75, 3.05) is 0 Å². The highest BCUT2D eigenvalue weighted by molar-refractivity contribution is 8.00. The van der Waals surface area contributed by atoms with Gasteiger partial charge >= 0.3 is 0 Å². The Kier molecular flexibility index (Phi) is 7.12. The van der Waals surface area contributed by atoms with Gasteiger partial charge in [-0.2, -0.15) is 0 Å². The van der Waals surface area contributed by atoms with Crippen LogP contribution in [0.2, 0.25) is 0 Å².